The fraction of sp³-hybridized carbons (Fsp3) is 0.0769. The number of anilines is 1. The average molecular weight is 313 g/mol. The molecule has 106 valence electrons. The van der Waals surface area contributed by atoms with E-state index in [2.05, 4.69) is 0 Å². The number of hydrogen-bond acceptors (Lipinski definition) is 4. The lowest BCUT2D eigenvalue weighted by atomic mass is 10.2. The standard InChI is InChI=1S/C13H13ClN2O3S/c14-10-3-1-2-9(6-10)8-19-12-5-4-11(15)7-13(12)20(16,17)18/h1-7H,8,15H2,(H2,16,17,18). The summed E-state index contributed by atoms with van der Waals surface area (Å²) in [6.07, 6.45) is 0. The van der Waals surface area contributed by atoms with Crippen LogP contribution in [-0.4, -0.2) is 8.42 Å². The van der Waals surface area contributed by atoms with Crippen LogP contribution in [0.15, 0.2) is 47.4 Å². The minimum absolute atomic E-state index is 0.139. The SMILES string of the molecule is Nc1ccc(OCc2cccc(Cl)c2)c(S(N)(=O)=O)c1. The van der Waals surface area contributed by atoms with Crippen molar-refractivity contribution in [3.05, 3.63) is 53.1 Å². The molecule has 0 atom stereocenters. The van der Waals surface area contributed by atoms with Gasteiger partial charge in [-0.25, -0.2) is 13.6 Å². The third-order valence-corrected chi connectivity index (χ3v) is 3.72. The molecule has 0 amide bonds. The average Bonchev–Trinajstić information content (AvgIpc) is 2.36. The lowest BCUT2D eigenvalue weighted by molar-refractivity contribution is 0.298. The highest BCUT2D eigenvalue weighted by atomic mass is 35.5. The van der Waals surface area contributed by atoms with Crippen LogP contribution in [0.3, 0.4) is 0 Å². The zero-order chi connectivity index (χ0) is 14.8. The summed E-state index contributed by atoms with van der Waals surface area (Å²) in [5.74, 6) is 0.154. The first-order valence-electron chi connectivity index (χ1n) is 5.66. The highest BCUT2D eigenvalue weighted by Gasteiger charge is 2.15. The van der Waals surface area contributed by atoms with Gasteiger partial charge < -0.3 is 10.5 Å². The van der Waals surface area contributed by atoms with Crippen LogP contribution in [0.25, 0.3) is 0 Å². The van der Waals surface area contributed by atoms with E-state index < -0.39 is 10.0 Å². The van der Waals surface area contributed by atoms with Gasteiger partial charge in [0.2, 0.25) is 10.0 Å². The second-order valence-electron chi connectivity index (χ2n) is 4.17. The third kappa shape index (κ3) is 3.63. The van der Waals surface area contributed by atoms with E-state index in [0.717, 1.165) is 5.56 Å². The Morgan fingerprint density at radius 1 is 1.15 bits per heavy atom. The predicted octanol–water partition coefficient (Wildman–Crippen LogP) is 2.15. The monoisotopic (exact) mass is 312 g/mol. The van der Waals surface area contributed by atoms with Gasteiger partial charge >= 0.3 is 0 Å². The lowest BCUT2D eigenvalue weighted by Gasteiger charge is -2.11. The Bertz CT molecular complexity index is 732. The van der Waals surface area contributed by atoms with Crippen LogP contribution in [0, 0.1) is 0 Å². The van der Waals surface area contributed by atoms with Crippen molar-refractivity contribution < 1.29 is 13.2 Å². The molecule has 0 heterocycles. The van der Waals surface area contributed by atoms with Crippen molar-refractivity contribution in [1.29, 1.82) is 0 Å². The second-order valence-corrected chi connectivity index (χ2v) is 6.14. The maximum absolute atomic E-state index is 11.5. The van der Waals surface area contributed by atoms with E-state index in [9.17, 15) is 8.42 Å². The van der Waals surface area contributed by atoms with Gasteiger partial charge in [-0.15, -0.1) is 0 Å². The molecule has 0 aliphatic rings. The number of halogens is 1. The molecule has 0 fully saturated rings. The fourth-order valence-corrected chi connectivity index (χ4v) is 2.57. The Labute approximate surface area is 122 Å². The fourth-order valence-electron chi connectivity index (χ4n) is 1.65. The highest BCUT2D eigenvalue weighted by Crippen LogP contribution is 2.26. The summed E-state index contributed by atoms with van der Waals surface area (Å²) < 4.78 is 28.5. The Hall–Kier alpha value is -1.76. The van der Waals surface area contributed by atoms with Crippen molar-refractivity contribution in [3.8, 4) is 5.75 Å². The van der Waals surface area contributed by atoms with E-state index in [1.54, 1.807) is 24.3 Å². The predicted molar refractivity (Wildman–Crippen MR) is 78.0 cm³/mol. The number of nitrogens with two attached hydrogens (primary N) is 2. The van der Waals surface area contributed by atoms with Gasteiger partial charge in [-0.05, 0) is 35.9 Å². The number of benzene rings is 2. The van der Waals surface area contributed by atoms with Gasteiger partial charge in [0.25, 0.3) is 0 Å². The number of nitrogen functional groups attached to an aromatic ring is 1. The summed E-state index contributed by atoms with van der Waals surface area (Å²) >= 11 is 5.86. The van der Waals surface area contributed by atoms with E-state index >= 15 is 0 Å². The third-order valence-electron chi connectivity index (χ3n) is 2.56. The maximum atomic E-state index is 11.5. The summed E-state index contributed by atoms with van der Waals surface area (Å²) in [4.78, 5) is -0.139. The molecule has 2 aromatic rings. The van der Waals surface area contributed by atoms with Gasteiger partial charge in [-0.2, -0.15) is 0 Å². The van der Waals surface area contributed by atoms with Crippen LogP contribution in [0.1, 0.15) is 5.56 Å². The molecule has 2 aromatic carbocycles. The molecule has 0 unspecified atom stereocenters. The molecular weight excluding hydrogens is 300 g/mol. The smallest absolute Gasteiger partial charge is 0.241 e. The van der Waals surface area contributed by atoms with Gasteiger partial charge in [0.05, 0.1) is 0 Å². The van der Waals surface area contributed by atoms with Crippen LogP contribution in [0.2, 0.25) is 5.02 Å². The quantitative estimate of drug-likeness (QED) is 0.845. The first-order valence-corrected chi connectivity index (χ1v) is 7.58. The Morgan fingerprint density at radius 3 is 2.55 bits per heavy atom. The van der Waals surface area contributed by atoms with Gasteiger partial charge in [0.1, 0.15) is 17.3 Å². The molecule has 20 heavy (non-hydrogen) atoms. The summed E-state index contributed by atoms with van der Waals surface area (Å²) in [6, 6.07) is 11.4. The number of primary sulfonamides is 1. The molecule has 0 radical (unpaired) electrons. The molecule has 0 spiro atoms. The first kappa shape index (κ1) is 14.6. The van der Waals surface area contributed by atoms with Gasteiger partial charge in [-0.3, -0.25) is 0 Å². The summed E-state index contributed by atoms with van der Waals surface area (Å²) in [7, 11) is -3.90. The highest BCUT2D eigenvalue weighted by molar-refractivity contribution is 7.89. The molecule has 0 aliphatic carbocycles. The van der Waals surface area contributed by atoms with Crippen LogP contribution >= 0.6 is 11.6 Å². The van der Waals surface area contributed by atoms with Crippen LogP contribution < -0.4 is 15.6 Å². The van der Waals surface area contributed by atoms with Crippen molar-refractivity contribution in [2.45, 2.75) is 11.5 Å². The van der Waals surface area contributed by atoms with E-state index in [4.69, 9.17) is 27.2 Å². The van der Waals surface area contributed by atoms with Crippen molar-refractivity contribution in [1.82, 2.24) is 0 Å². The zero-order valence-electron chi connectivity index (χ0n) is 10.4. The first-order chi connectivity index (χ1) is 9.36. The van der Waals surface area contributed by atoms with E-state index in [1.165, 1.54) is 12.1 Å². The van der Waals surface area contributed by atoms with Gasteiger partial charge in [0.15, 0.2) is 0 Å². The Kier molecular flexibility index (Phi) is 4.17. The molecule has 5 nitrogen and oxygen atoms in total. The Morgan fingerprint density at radius 2 is 1.90 bits per heavy atom. The van der Waals surface area contributed by atoms with E-state index in [1.807, 2.05) is 6.07 Å². The Balaban J connectivity index is 2.26. The largest absolute Gasteiger partial charge is 0.487 e. The number of hydrogen-bond donors (Lipinski definition) is 2. The van der Waals surface area contributed by atoms with Crippen molar-refractivity contribution >= 4 is 27.3 Å². The van der Waals surface area contributed by atoms with Gasteiger partial charge in [-0.1, -0.05) is 23.7 Å². The summed E-state index contributed by atoms with van der Waals surface area (Å²) in [5.41, 5.74) is 6.67. The molecule has 0 saturated heterocycles. The molecule has 0 saturated carbocycles. The normalized spacial score (nSPS) is 11.3. The molecule has 4 N–H and O–H groups in total. The molecule has 2 rings (SSSR count). The molecule has 0 bridgehead atoms. The lowest BCUT2D eigenvalue weighted by Crippen LogP contribution is -2.14. The van der Waals surface area contributed by atoms with E-state index in [0.29, 0.717) is 10.7 Å². The van der Waals surface area contributed by atoms with Gasteiger partial charge in [0, 0.05) is 10.7 Å². The number of sulfonamides is 1. The maximum Gasteiger partial charge on any atom is 0.241 e. The molecule has 7 heteroatoms. The van der Waals surface area contributed by atoms with Crippen molar-refractivity contribution in [2.75, 3.05) is 5.73 Å². The van der Waals surface area contributed by atoms with Crippen molar-refractivity contribution in [2.24, 2.45) is 5.14 Å². The number of rotatable bonds is 4. The summed E-state index contributed by atoms with van der Waals surface area (Å²) in [6.45, 7) is 0.174. The molecule has 0 aromatic heterocycles. The zero-order valence-corrected chi connectivity index (χ0v) is 12.0. The molecule has 0 aliphatic heterocycles. The minimum atomic E-state index is -3.90. The molecular formula is C13H13ClN2O3S. The summed E-state index contributed by atoms with van der Waals surface area (Å²) in [5, 5.41) is 5.71. The van der Waals surface area contributed by atoms with Crippen molar-refractivity contribution in [3.63, 3.8) is 0 Å². The number of ether oxygens (including phenoxy) is 1. The minimum Gasteiger partial charge on any atom is -0.487 e. The van der Waals surface area contributed by atoms with E-state index in [-0.39, 0.29) is 17.3 Å². The topological polar surface area (TPSA) is 95.4 Å². The van der Waals surface area contributed by atoms with Crippen LogP contribution in [0.5, 0.6) is 5.75 Å². The van der Waals surface area contributed by atoms with Crippen LogP contribution in [0.4, 0.5) is 5.69 Å². The van der Waals surface area contributed by atoms with Crippen LogP contribution in [-0.2, 0) is 16.6 Å². The second kappa shape index (κ2) is 5.70.